The lowest BCUT2D eigenvalue weighted by molar-refractivity contribution is 0.484. The van der Waals surface area contributed by atoms with E-state index in [4.69, 9.17) is 0 Å². The first-order valence-electron chi connectivity index (χ1n) is 6.88. The molecule has 1 aliphatic rings. The first-order chi connectivity index (χ1) is 9.34. The fraction of sp³-hybridized carbons (Fsp3) is 0.222. The third-order valence-corrected chi connectivity index (χ3v) is 3.80. The van der Waals surface area contributed by atoms with E-state index in [1.807, 2.05) is 0 Å². The Kier molecular flexibility index (Phi) is 3.37. The first-order valence-corrected chi connectivity index (χ1v) is 6.88. The molecule has 0 saturated carbocycles. The molecular weight excluding hydrogens is 230 g/mol. The van der Waals surface area contributed by atoms with E-state index in [1.54, 1.807) is 0 Å². The van der Waals surface area contributed by atoms with Gasteiger partial charge in [-0.25, -0.2) is 0 Å². The molecule has 1 heteroatoms. The number of hydrogen-bond donors (Lipinski definition) is 0. The third-order valence-electron chi connectivity index (χ3n) is 3.80. The van der Waals surface area contributed by atoms with Crippen molar-refractivity contribution in [2.45, 2.75) is 12.8 Å². The molecule has 19 heavy (non-hydrogen) atoms. The minimum Gasteiger partial charge on any atom is -0.374 e. The number of hydrogen-bond acceptors (Lipinski definition) is 1. The summed E-state index contributed by atoms with van der Waals surface area (Å²) >= 11 is 0. The van der Waals surface area contributed by atoms with Gasteiger partial charge in [0.1, 0.15) is 0 Å². The highest BCUT2D eigenvalue weighted by atomic mass is 15.1. The van der Waals surface area contributed by atoms with E-state index >= 15 is 0 Å². The molecule has 1 nitrogen and oxygen atoms in total. The number of rotatable bonds is 4. The quantitative estimate of drug-likeness (QED) is 0.797. The van der Waals surface area contributed by atoms with Crippen molar-refractivity contribution >= 4 is 5.70 Å². The Balaban J connectivity index is 1.68. The van der Waals surface area contributed by atoms with Crippen LogP contribution in [-0.4, -0.2) is 18.5 Å². The predicted molar refractivity (Wildman–Crippen MR) is 80.9 cm³/mol. The van der Waals surface area contributed by atoms with Crippen LogP contribution >= 0.6 is 0 Å². The van der Waals surface area contributed by atoms with E-state index in [0.29, 0.717) is 0 Å². The van der Waals surface area contributed by atoms with Crippen molar-refractivity contribution in [3.63, 3.8) is 0 Å². The Hall–Kier alpha value is -2.02. The molecule has 0 heterocycles. The van der Waals surface area contributed by atoms with Gasteiger partial charge in [0.05, 0.1) is 0 Å². The van der Waals surface area contributed by atoms with Crippen LogP contribution in [0.3, 0.4) is 0 Å². The standard InChI is InChI=1S/C18H19N/c1-19(14-13-15-7-3-2-4-8-15)18-12-11-16-9-5-6-10-17(16)18/h2-10,12H,11,13-14H2,1H3. The number of likely N-dealkylation sites (N-methyl/N-ethyl adjacent to an activating group) is 1. The van der Waals surface area contributed by atoms with Crippen LogP contribution in [-0.2, 0) is 12.8 Å². The molecular formula is C18H19N. The molecule has 96 valence electrons. The Morgan fingerprint density at radius 1 is 0.947 bits per heavy atom. The van der Waals surface area contributed by atoms with Crippen LogP contribution in [0.15, 0.2) is 60.7 Å². The van der Waals surface area contributed by atoms with Gasteiger partial charge in [0.25, 0.3) is 0 Å². The highest BCUT2D eigenvalue weighted by Gasteiger charge is 2.16. The summed E-state index contributed by atoms with van der Waals surface area (Å²) in [5.41, 5.74) is 5.63. The van der Waals surface area contributed by atoms with Gasteiger partial charge >= 0.3 is 0 Å². The number of benzene rings is 2. The Morgan fingerprint density at radius 3 is 2.53 bits per heavy atom. The molecule has 0 radical (unpaired) electrons. The predicted octanol–water partition coefficient (Wildman–Crippen LogP) is 3.76. The second-order valence-electron chi connectivity index (χ2n) is 5.11. The van der Waals surface area contributed by atoms with Gasteiger partial charge in [0.2, 0.25) is 0 Å². The Labute approximate surface area is 115 Å². The maximum atomic E-state index is 2.37. The third kappa shape index (κ3) is 2.55. The summed E-state index contributed by atoms with van der Waals surface area (Å²) in [4.78, 5) is 2.37. The Morgan fingerprint density at radius 2 is 1.68 bits per heavy atom. The van der Waals surface area contributed by atoms with E-state index in [0.717, 1.165) is 19.4 Å². The molecule has 0 unspecified atom stereocenters. The van der Waals surface area contributed by atoms with Crippen molar-refractivity contribution in [3.8, 4) is 0 Å². The summed E-state index contributed by atoms with van der Waals surface area (Å²) in [5, 5.41) is 0. The lowest BCUT2D eigenvalue weighted by Gasteiger charge is -2.21. The molecule has 1 aliphatic carbocycles. The van der Waals surface area contributed by atoms with Crippen molar-refractivity contribution in [2.24, 2.45) is 0 Å². The summed E-state index contributed by atoms with van der Waals surface area (Å²) in [6.07, 6.45) is 4.51. The normalized spacial score (nSPS) is 13.0. The fourth-order valence-electron chi connectivity index (χ4n) is 2.69. The van der Waals surface area contributed by atoms with Gasteiger partial charge in [-0.05, 0) is 24.0 Å². The fourth-order valence-corrected chi connectivity index (χ4v) is 2.69. The van der Waals surface area contributed by atoms with Crippen LogP contribution in [0, 0.1) is 0 Å². The molecule has 2 aromatic carbocycles. The van der Waals surface area contributed by atoms with Crippen LogP contribution < -0.4 is 0 Å². The summed E-state index contributed by atoms with van der Waals surface area (Å²) in [7, 11) is 2.19. The lowest BCUT2D eigenvalue weighted by atomic mass is 10.1. The second kappa shape index (κ2) is 5.31. The van der Waals surface area contributed by atoms with Crippen LogP contribution in [0.1, 0.15) is 16.7 Å². The van der Waals surface area contributed by atoms with Crippen molar-refractivity contribution in [3.05, 3.63) is 77.4 Å². The molecule has 0 bridgehead atoms. The summed E-state index contributed by atoms with van der Waals surface area (Å²) in [6, 6.07) is 19.4. The van der Waals surface area contributed by atoms with Crippen molar-refractivity contribution < 1.29 is 0 Å². The van der Waals surface area contributed by atoms with Gasteiger partial charge in [-0.15, -0.1) is 0 Å². The smallest absolute Gasteiger partial charge is 0.0403 e. The van der Waals surface area contributed by atoms with Gasteiger partial charge in [-0.2, -0.15) is 0 Å². The largest absolute Gasteiger partial charge is 0.374 e. The zero-order valence-electron chi connectivity index (χ0n) is 11.3. The summed E-state index contributed by atoms with van der Waals surface area (Å²) in [6.45, 7) is 1.06. The van der Waals surface area contributed by atoms with Gasteiger partial charge < -0.3 is 4.90 Å². The molecule has 0 fully saturated rings. The first kappa shape index (κ1) is 12.0. The molecule has 0 saturated heterocycles. The van der Waals surface area contributed by atoms with Crippen LogP contribution in [0.2, 0.25) is 0 Å². The monoisotopic (exact) mass is 249 g/mol. The summed E-state index contributed by atoms with van der Waals surface area (Å²) < 4.78 is 0. The highest BCUT2D eigenvalue weighted by Crippen LogP contribution is 2.28. The zero-order chi connectivity index (χ0) is 13.1. The van der Waals surface area contributed by atoms with Crippen molar-refractivity contribution in [1.82, 2.24) is 4.90 Å². The van der Waals surface area contributed by atoms with Crippen LogP contribution in [0.5, 0.6) is 0 Å². The lowest BCUT2D eigenvalue weighted by Crippen LogP contribution is -2.19. The molecule has 0 aromatic heterocycles. The maximum absolute atomic E-state index is 2.37. The van der Waals surface area contributed by atoms with Gasteiger partial charge in [-0.1, -0.05) is 60.7 Å². The minimum atomic E-state index is 1.06. The minimum absolute atomic E-state index is 1.06. The maximum Gasteiger partial charge on any atom is 0.0403 e. The highest BCUT2D eigenvalue weighted by molar-refractivity contribution is 5.71. The number of nitrogens with zero attached hydrogens (tertiary/aromatic N) is 1. The molecule has 0 amide bonds. The zero-order valence-corrected chi connectivity index (χ0v) is 11.3. The van der Waals surface area contributed by atoms with E-state index in [1.165, 1.54) is 22.4 Å². The topological polar surface area (TPSA) is 3.24 Å². The van der Waals surface area contributed by atoms with Gasteiger partial charge in [-0.3, -0.25) is 0 Å². The molecule has 0 N–H and O–H groups in total. The molecule has 2 aromatic rings. The SMILES string of the molecule is CN(CCc1ccccc1)C1=CCc2ccccc21. The Bertz CT molecular complexity index is 584. The van der Waals surface area contributed by atoms with Gasteiger partial charge in [0.15, 0.2) is 0 Å². The second-order valence-corrected chi connectivity index (χ2v) is 5.11. The van der Waals surface area contributed by atoms with Crippen LogP contribution in [0.4, 0.5) is 0 Å². The van der Waals surface area contributed by atoms with E-state index in [-0.39, 0.29) is 0 Å². The summed E-state index contributed by atoms with van der Waals surface area (Å²) in [5.74, 6) is 0. The van der Waals surface area contributed by atoms with E-state index < -0.39 is 0 Å². The number of fused-ring (bicyclic) bond motifs is 1. The van der Waals surface area contributed by atoms with Gasteiger partial charge in [0, 0.05) is 24.9 Å². The number of allylic oxidation sites excluding steroid dienone is 1. The molecule has 0 atom stereocenters. The molecule has 0 aliphatic heterocycles. The average molecular weight is 249 g/mol. The van der Waals surface area contributed by atoms with Crippen molar-refractivity contribution in [2.75, 3.05) is 13.6 Å². The molecule has 0 spiro atoms. The van der Waals surface area contributed by atoms with E-state index in [2.05, 4.69) is 72.6 Å². The average Bonchev–Trinajstić information content (AvgIpc) is 2.90. The van der Waals surface area contributed by atoms with Crippen molar-refractivity contribution in [1.29, 1.82) is 0 Å². The molecule has 3 rings (SSSR count). The van der Waals surface area contributed by atoms with Crippen LogP contribution in [0.25, 0.3) is 5.70 Å². The van der Waals surface area contributed by atoms with E-state index in [9.17, 15) is 0 Å².